The van der Waals surface area contributed by atoms with Crippen LogP contribution in [0.15, 0.2) is 34.1 Å². The van der Waals surface area contributed by atoms with Crippen molar-refractivity contribution in [3.8, 4) is 11.6 Å². The summed E-state index contributed by atoms with van der Waals surface area (Å²) in [6.45, 7) is 0. The van der Waals surface area contributed by atoms with Crippen molar-refractivity contribution in [2.45, 2.75) is 0 Å². The lowest BCUT2D eigenvalue weighted by Gasteiger charge is -1.98. The van der Waals surface area contributed by atoms with Gasteiger partial charge in [-0.05, 0) is 24.3 Å². The molecule has 1 aromatic heterocycles. The van der Waals surface area contributed by atoms with E-state index in [2.05, 4.69) is 9.98 Å². The van der Waals surface area contributed by atoms with Crippen molar-refractivity contribution in [1.82, 2.24) is 4.98 Å². The summed E-state index contributed by atoms with van der Waals surface area (Å²) < 4.78 is 5.02. The van der Waals surface area contributed by atoms with E-state index in [1.807, 2.05) is 0 Å². The predicted octanol–water partition coefficient (Wildman–Crippen LogP) is 1.90. The standard InChI is InChI=1S/C11H10N2O3S/c1-16-8-4-2-7(3-5-8)12-6-9-10(14)13-11(15)17-9/h2-6,14H,1H3,(H,13,15). The number of H-pyrrole nitrogens is 1. The van der Waals surface area contributed by atoms with Crippen LogP contribution in [0.3, 0.4) is 0 Å². The molecule has 6 heteroatoms. The molecule has 0 saturated heterocycles. The van der Waals surface area contributed by atoms with Gasteiger partial charge >= 0.3 is 4.87 Å². The molecule has 0 spiro atoms. The quantitative estimate of drug-likeness (QED) is 0.817. The van der Waals surface area contributed by atoms with Crippen LogP contribution in [-0.4, -0.2) is 23.4 Å². The molecule has 5 nitrogen and oxygen atoms in total. The molecule has 1 heterocycles. The zero-order valence-electron chi connectivity index (χ0n) is 9.01. The van der Waals surface area contributed by atoms with Crippen LogP contribution < -0.4 is 9.61 Å². The Morgan fingerprint density at radius 2 is 2.12 bits per heavy atom. The van der Waals surface area contributed by atoms with Crippen molar-refractivity contribution in [2.24, 2.45) is 4.99 Å². The number of thiazole rings is 1. The maximum Gasteiger partial charge on any atom is 0.307 e. The van der Waals surface area contributed by atoms with Crippen molar-refractivity contribution in [1.29, 1.82) is 0 Å². The summed E-state index contributed by atoms with van der Waals surface area (Å²) >= 11 is 0.906. The third-order valence-corrected chi connectivity index (χ3v) is 2.87. The van der Waals surface area contributed by atoms with Gasteiger partial charge in [0.1, 0.15) is 10.6 Å². The van der Waals surface area contributed by atoms with E-state index in [1.165, 1.54) is 6.21 Å². The summed E-state index contributed by atoms with van der Waals surface area (Å²) in [4.78, 5) is 17.4. The van der Waals surface area contributed by atoms with E-state index in [0.717, 1.165) is 17.1 Å². The molecule has 0 aliphatic heterocycles. The molecule has 17 heavy (non-hydrogen) atoms. The first-order valence-corrected chi connectivity index (χ1v) is 5.61. The van der Waals surface area contributed by atoms with Gasteiger partial charge < -0.3 is 9.84 Å². The minimum absolute atomic E-state index is 0.155. The zero-order valence-corrected chi connectivity index (χ0v) is 9.82. The highest BCUT2D eigenvalue weighted by molar-refractivity contribution is 7.11. The van der Waals surface area contributed by atoms with Gasteiger partial charge in [0.15, 0.2) is 0 Å². The van der Waals surface area contributed by atoms with E-state index in [4.69, 9.17) is 4.74 Å². The summed E-state index contributed by atoms with van der Waals surface area (Å²) in [6, 6.07) is 7.13. The molecule has 0 unspecified atom stereocenters. The van der Waals surface area contributed by atoms with Crippen molar-refractivity contribution < 1.29 is 9.84 Å². The van der Waals surface area contributed by atoms with Gasteiger partial charge in [0.25, 0.3) is 0 Å². The van der Waals surface area contributed by atoms with Gasteiger partial charge in [-0.2, -0.15) is 0 Å². The Balaban J connectivity index is 2.19. The molecule has 1 aromatic carbocycles. The number of hydrogen-bond acceptors (Lipinski definition) is 5. The number of nitrogens with one attached hydrogen (secondary N) is 1. The fourth-order valence-electron chi connectivity index (χ4n) is 1.22. The van der Waals surface area contributed by atoms with E-state index >= 15 is 0 Å². The maximum absolute atomic E-state index is 10.9. The molecular weight excluding hydrogens is 240 g/mol. The lowest BCUT2D eigenvalue weighted by atomic mass is 10.3. The molecule has 0 fully saturated rings. The molecule has 0 amide bonds. The lowest BCUT2D eigenvalue weighted by molar-refractivity contribution is 0.415. The van der Waals surface area contributed by atoms with Gasteiger partial charge in [-0.25, -0.2) is 0 Å². The summed E-state index contributed by atoms with van der Waals surface area (Å²) in [6.07, 6.45) is 1.44. The number of nitrogens with zero attached hydrogens (tertiary/aromatic N) is 1. The van der Waals surface area contributed by atoms with Crippen LogP contribution in [0.25, 0.3) is 0 Å². The van der Waals surface area contributed by atoms with Crippen molar-refractivity contribution in [3.63, 3.8) is 0 Å². The second-order valence-electron chi connectivity index (χ2n) is 3.18. The van der Waals surface area contributed by atoms with Crippen molar-refractivity contribution >= 4 is 23.2 Å². The Morgan fingerprint density at radius 1 is 1.41 bits per heavy atom. The third kappa shape index (κ3) is 2.73. The fourth-order valence-corrected chi connectivity index (χ4v) is 1.82. The van der Waals surface area contributed by atoms with Gasteiger partial charge in [-0.1, -0.05) is 11.3 Å². The number of aromatic hydroxyl groups is 1. The lowest BCUT2D eigenvalue weighted by Crippen LogP contribution is -1.89. The number of aromatic amines is 1. The number of ether oxygens (including phenoxy) is 1. The van der Waals surface area contributed by atoms with E-state index in [1.54, 1.807) is 31.4 Å². The number of methoxy groups -OCH3 is 1. The molecule has 0 bridgehead atoms. The minimum atomic E-state index is -0.307. The van der Waals surface area contributed by atoms with E-state index < -0.39 is 0 Å². The van der Waals surface area contributed by atoms with Crippen LogP contribution >= 0.6 is 11.3 Å². The summed E-state index contributed by atoms with van der Waals surface area (Å²) in [5.41, 5.74) is 0.714. The Morgan fingerprint density at radius 3 is 2.65 bits per heavy atom. The fraction of sp³-hybridized carbons (Fsp3) is 0.0909. The van der Waals surface area contributed by atoms with Gasteiger partial charge in [-0.3, -0.25) is 14.8 Å². The second kappa shape index (κ2) is 4.84. The Hall–Kier alpha value is -2.08. The molecule has 2 N–H and O–H groups in total. The van der Waals surface area contributed by atoms with E-state index in [9.17, 15) is 9.90 Å². The second-order valence-corrected chi connectivity index (χ2v) is 4.20. The minimum Gasteiger partial charge on any atom is -0.497 e. The van der Waals surface area contributed by atoms with Crippen molar-refractivity contribution in [2.75, 3.05) is 7.11 Å². The van der Waals surface area contributed by atoms with Gasteiger partial charge in [0.2, 0.25) is 5.88 Å². The molecule has 0 radical (unpaired) electrons. The number of rotatable bonds is 3. The average Bonchev–Trinajstić information content (AvgIpc) is 2.66. The Labute approximate surface area is 101 Å². The first kappa shape index (κ1) is 11.4. The maximum atomic E-state index is 10.9. The van der Waals surface area contributed by atoms with Crippen LogP contribution in [0, 0.1) is 0 Å². The zero-order chi connectivity index (χ0) is 12.3. The van der Waals surface area contributed by atoms with Crippen LogP contribution in [-0.2, 0) is 0 Å². The number of aromatic nitrogens is 1. The van der Waals surface area contributed by atoms with Crippen LogP contribution in [0.5, 0.6) is 11.6 Å². The van der Waals surface area contributed by atoms with Crippen LogP contribution in [0.1, 0.15) is 4.88 Å². The van der Waals surface area contributed by atoms with Gasteiger partial charge in [0.05, 0.1) is 19.0 Å². The number of hydrogen-bond donors (Lipinski definition) is 2. The Bertz CT molecular complexity index is 584. The first-order valence-electron chi connectivity index (χ1n) is 4.79. The average molecular weight is 250 g/mol. The molecule has 0 aliphatic rings. The predicted molar refractivity (Wildman–Crippen MR) is 66.9 cm³/mol. The molecule has 0 saturated carbocycles. The molecular formula is C11H10N2O3S. The van der Waals surface area contributed by atoms with Gasteiger partial charge in [0, 0.05) is 0 Å². The number of benzene rings is 1. The highest BCUT2D eigenvalue weighted by atomic mass is 32.1. The Kier molecular flexibility index (Phi) is 3.24. The number of aliphatic imine (C=N–C) groups is 1. The van der Waals surface area contributed by atoms with E-state index in [0.29, 0.717) is 10.6 Å². The highest BCUT2D eigenvalue weighted by Gasteiger charge is 2.02. The SMILES string of the molecule is COc1ccc(N=Cc2sc(=O)[nH]c2O)cc1. The summed E-state index contributed by atoms with van der Waals surface area (Å²) in [5, 5.41) is 9.34. The molecule has 0 atom stereocenters. The monoisotopic (exact) mass is 250 g/mol. The first-order chi connectivity index (χ1) is 8.19. The molecule has 2 aromatic rings. The topological polar surface area (TPSA) is 74.7 Å². The third-order valence-electron chi connectivity index (χ3n) is 2.06. The smallest absolute Gasteiger partial charge is 0.307 e. The van der Waals surface area contributed by atoms with Crippen LogP contribution in [0.4, 0.5) is 5.69 Å². The van der Waals surface area contributed by atoms with Gasteiger partial charge in [-0.15, -0.1) is 0 Å². The largest absolute Gasteiger partial charge is 0.497 e. The molecule has 88 valence electrons. The van der Waals surface area contributed by atoms with Crippen molar-refractivity contribution in [3.05, 3.63) is 38.8 Å². The highest BCUT2D eigenvalue weighted by Crippen LogP contribution is 2.19. The molecule has 0 aliphatic carbocycles. The molecule has 2 rings (SSSR count). The van der Waals surface area contributed by atoms with E-state index in [-0.39, 0.29) is 10.8 Å². The normalized spacial score (nSPS) is 10.9. The van der Waals surface area contributed by atoms with Crippen LogP contribution in [0.2, 0.25) is 0 Å². The summed E-state index contributed by atoms with van der Waals surface area (Å²) in [7, 11) is 1.59. The summed E-state index contributed by atoms with van der Waals surface area (Å²) in [5.74, 6) is 0.593.